The number of carbonyl (C=O) groups is 2. The van der Waals surface area contributed by atoms with Crippen molar-refractivity contribution in [2.75, 3.05) is 0 Å². The van der Waals surface area contributed by atoms with Crippen LogP contribution in [0.4, 0.5) is 0 Å². The highest BCUT2D eigenvalue weighted by atomic mass is 16.6. The summed E-state index contributed by atoms with van der Waals surface area (Å²) < 4.78 is 5.20. The Hall–Kier alpha value is -1.32. The van der Waals surface area contributed by atoms with Crippen LogP contribution in [0, 0.1) is 5.41 Å². The van der Waals surface area contributed by atoms with Crippen LogP contribution in [0.25, 0.3) is 0 Å². The number of rotatable bonds is 4. The van der Waals surface area contributed by atoms with E-state index in [0.29, 0.717) is 12.8 Å². The Kier molecular flexibility index (Phi) is 3.41. The van der Waals surface area contributed by atoms with Gasteiger partial charge in [-0.15, -0.1) is 0 Å². The lowest BCUT2D eigenvalue weighted by molar-refractivity contribution is -0.174. The van der Waals surface area contributed by atoms with Crippen LogP contribution in [0.2, 0.25) is 0 Å². The summed E-state index contributed by atoms with van der Waals surface area (Å²) in [7, 11) is 0. The largest absolute Gasteiger partial charge is 0.480 e. The number of hydrogen-bond donors (Lipinski definition) is 1. The minimum Gasteiger partial charge on any atom is -0.480 e. The lowest BCUT2D eigenvalue weighted by Crippen LogP contribution is -2.41. The van der Waals surface area contributed by atoms with E-state index < -0.39 is 23.0 Å². The van der Waals surface area contributed by atoms with Crippen molar-refractivity contribution in [1.82, 2.24) is 0 Å². The molecule has 16 heavy (non-hydrogen) atoms. The summed E-state index contributed by atoms with van der Waals surface area (Å²) in [6, 6.07) is 0. The highest BCUT2D eigenvalue weighted by Crippen LogP contribution is 2.40. The number of esters is 1. The predicted molar refractivity (Wildman–Crippen MR) is 58.9 cm³/mol. The van der Waals surface area contributed by atoms with Gasteiger partial charge in [0, 0.05) is 0 Å². The van der Waals surface area contributed by atoms with Crippen LogP contribution in [0.3, 0.4) is 0 Å². The number of aliphatic carboxylic acids is 1. The fraction of sp³-hybridized carbons (Fsp3) is 0.667. The van der Waals surface area contributed by atoms with Crippen LogP contribution in [0.5, 0.6) is 0 Å². The average Bonchev–Trinajstić information content (AvgIpc) is 2.66. The quantitative estimate of drug-likeness (QED) is 0.453. The van der Waals surface area contributed by atoms with E-state index in [1.807, 2.05) is 0 Å². The lowest BCUT2D eigenvalue weighted by atomic mass is 9.86. The van der Waals surface area contributed by atoms with E-state index in [9.17, 15) is 14.7 Å². The molecule has 1 N–H and O–H groups in total. The van der Waals surface area contributed by atoms with Gasteiger partial charge in [0.2, 0.25) is 0 Å². The molecular weight excluding hydrogens is 208 g/mol. The molecule has 0 bridgehead atoms. The molecule has 90 valence electrons. The van der Waals surface area contributed by atoms with E-state index >= 15 is 0 Å². The van der Waals surface area contributed by atoms with E-state index in [1.165, 1.54) is 6.08 Å². The normalized spacial score (nSPS) is 19.1. The van der Waals surface area contributed by atoms with Gasteiger partial charge in [-0.25, -0.2) is 0 Å². The zero-order valence-electron chi connectivity index (χ0n) is 9.78. The molecule has 0 heterocycles. The fourth-order valence-corrected chi connectivity index (χ4v) is 1.86. The van der Waals surface area contributed by atoms with Gasteiger partial charge in [-0.2, -0.15) is 0 Å². The summed E-state index contributed by atoms with van der Waals surface area (Å²) in [5, 5.41) is 9.18. The molecule has 4 nitrogen and oxygen atoms in total. The molecule has 1 aliphatic rings. The molecule has 4 heteroatoms. The maximum absolute atomic E-state index is 11.9. The predicted octanol–water partition coefficient (Wildman–Crippen LogP) is 2.14. The molecule has 1 saturated carbocycles. The summed E-state index contributed by atoms with van der Waals surface area (Å²) in [5.41, 5.74) is -2.15. The zero-order valence-corrected chi connectivity index (χ0v) is 9.78. The van der Waals surface area contributed by atoms with Crippen molar-refractivity contribution in [1.29, 1.82) is 0 Å². The molecule has 0 amide bonds. The maximum atomic E-state index is 11.9. The van der Waals surface area contributed by atoms with Gasteiger partial charge in [-0.05, 0) is 32.8 Å². The van der Waals surface area contributed by atoms with Crippen LogP contribution in [0.1, 0.15) is 39.5 Å². The van der Waals surface area contributed by atoms with Crippen LogP contribution in [-0.4, -0.2) is 22.6 Å². The molecule has 0 spiro atoms. The monoisotopic (exact) mass is 226 g/mol. The topological polar surface area (TPSA) is 63.6 Å². The molecule has 0 aliphatic heterocycles. The smallest absolute Gasteiger partial charge is 0.324 e. The second-order valence-corrected chi connectivity index (χ2v) is 4.79. The first-order valence-electron chi connectivity index (χ1n) is 5.44. The first-order chi connectivity index (χ1) is 7.34. The van der Waals surface area contributed by atoms with Gasteiger partial charge in [0.05, 0.1) is 0 Å². The van der Waals surface area contributed by atoms with Crippen LogP contribution in [-0.2, 0) is 14.3 Å². The van der Waals surface area contributed by atoms with Crippen molar-refractivity contribution in [2.24, 2.45) is 5.41 Å². The summed E-state index contributed by atoms with van der Waals surface area (Å²) in [4.78, 5) is 23.1. The van der Waals surface area contributed by atoms with Crippen LogP contribution in [0.15, 0.2) is 12.7 Å². The second-order valence-electron chi connectivity index (χ2n) is 4.79. The number of carboxylic acids is 1. The number of hydrogen-bond acceptors (Lipinski definition) is 3. The van der Waals surface area contributed by atoms with E-state index in [-0.39, 0.29) is 0 Å². The second kappa shape index (κ2) is 4.28. The standard InChI is InChI=1S/C12H18O4/c1-4-11(2,3)16-10(15)12(9(13)14)7-5-6-8-12/h4H,1,5-8H2,2-3H3,(H,13,14). The summed E-state index contributed by atoms with van der Waals surface area (Å²) in [5.74, 6) is -1.71. The van der Waals surface area contributed by atoms with Crippen molar-refractivity contribution in [2.45, 2.75) is 45.1 Å². The van der Waals surface area contributed by atoms with Gasteiger partial charge >= 0.3 is 11.9 Å². The Morgan fingerprint density at radius 3 is 2.25 bits per heavy atom. The van der Waals surface area contributed by atoms with Crippen LogP contribution >= 0.6 is 0 Å². The van der Waals surface area contributed by atoms with E-state index in [4.69, 9.17) is 4.74 Å². The molecule has 1 rings (SSSR count). The number of carbonyl (C=O) groups excluding carboxylic acids is 1. The Morgan fingerprint density at radius 1 is 1.38 bits per heavy atom. The molecule has 1 aliphatic carbocycles. The van der Waals surface area contributed by atoms with Gasteiger partial charge in [-0.1, -0.05) is 19.4 Å². The third-order valence-corrected chi connectivity index (χ3v) is 3.10. The number of ether oxygens (including phenoxy) is 1. The highest BCUT2D eigenvalue weighted by molar-refractivity contribution is 5.99. The highest BCUT2D eigenvalue weighted by Gasteiger charge is 2.50. The van der Waals surface area contributed by atoms with Crippen molar-refractivity contribution >= 4 is 11.9 Å². The first kappa shape index (κ1) is 12.7. The minimum absolute atomic E-state index is 0.369. The van der Waals surface area contributed by atoms with E-state index in [2.05, 4.69) is 6.58 Å². The Bertz CT molecular complexity index is 311. The molecule has 0 aromatic carbocycles. The van der Waals surface area contributed by atoms with Crippen molar-refractivity contribution < 1.29 is 19.4 Å². The molecule has 0 atom stereocenters. The van der Waals surface area contributed by atoms with Gasteiger partial charge in [-0.3, -0.25) is 9.59 Å². The first-order valence-corrected chi connectivity index (χ1v) is 5.44. The minimum atomic E-state index is -1.33. The molecule has 0 aromatic rings. The van der Waals surface area contributed by atoms with E-state index in [0.717, 1.165) is 12.8 Å². The van der Waals surface area contributed by atoms with E-state index in [1.54, 1.807) is 13.8 Å². The Morgan fingerprint density at radius 2 is 1.88 bits per heavy atom. The zero-order chi connectivity index (χ0) is 12.4. The molecule has 1 fully saturated rings. The van der Waals surface area contributed by atoms with Gasteiger partial charge < -0.3 is 9.84 Å². The molecule has 0 unspecified atom stereocenters. The van der Waals surface area contributed by atoms with Gasteiger partial charge in [0.25, 0.3) is 0 Å². The molecule has 0 aromatic heterocycles. The van der Waals surface area contributed by atoms with Crippen molar-refractivity contribution in [3.05, 3.63) is 12.7 Å². The summed E-state index contributed by atoms with van der Waals surface area (Å²) in [6.07, 6.45) is 3.75. The maximum Gasteiger partial charge on any atom is 0.324 e. The third kappa shape index (κ3) is 2.26. The van der Waals surface area contributed by atoms with Crippen LogP contribution < -0.4 is 0 Å². The number of carboxylic acid groups (broad SMARTS) is 1. The van der Waals surface area contributed by atoms with Gasteiger partial charge in [0.15, 0.2) is 5.41 Å². The van der Waals surface area contributed by atoms with Crippen molar-refractivity contribution in [3.63, 3.8) is 0 Å². The fourth-order valence-electron chi connectivity index (χ4n) is 1.86. The third-order valence-electron chi connectivity index (χ3n) is 3.10. The summed E-state index contributed by atoms with van der Waals surface area (Å²) in [6.45, 7) is 6.92. The lowest BCUT2D eigenvalue weighted by Gasteiger charge is -2.28. The summed E-state index contributed by atoms with van der Waals surface area (Å²) >= 11 is 0. The average molecular weight is 226 g/mol. The SMILES string of the molecule is C=CC(C)(C)OC(=O)C1(C(=O)O)CCCC1. The Labute approximate surface area is 95.3 Å². The van der Waals surface area contributed by atoms with Crippen molar-refractivity contribution in [3.8, 4) is 0 Å². The van der Waals surface area contributed by atoms with Gasteiger partial charge in [0.1, 0.15) is 5.60 Å². The molecular formula is C12H18O4. The Balaban J connectivity index is 2.85. The molecule has 0 saturated heterocycles. The molecule has 0 radical (unpaired) electrons.